The summed E-state index contributed by atoms with van der Waals surface area (Å²) in [6, 6.07) is 8.54. The number of nitrogens with one attached hydrogen (secondary N) is 1. The van der Waals surface area contributed by atoms with Gasteiger partial charge in [-0.2, -0.15) is 5.26 Å². The first-order chi connectivity index (χ1) is 9.69. The Balaban J connectivity index is 1.87. The average molecular weight is 273 g/mol. The third-order valence-electron chi connectivity index (χ3n) is 2.96. The number of rotatable bonds is 3. The second kappa shape index (κ2) is 6.57. The second-order valence-corrected chi connectivity index (χ2v) is 4.44. The normalized spacial score (nSPS) is 14.9. The van der Waals surface area contributed by atoms with Crippen molar-refractivity contribution in [3.05, 3.63) is 29.8 Å². The Hall–Kier alpha value is -2.55. The lowest BCUT2D eigenvalue weighted by molar-refractivity contribution is -0.136. The monoisotopic (exact) mass is 273 g/mol. The van der Waals surface area contributed by atoms with Gasteiger partial charge in [-0.3, -0.25) is 9.59 Å². The van der Waals surface area contributed by atoms with E-state index < -0.39 is 0 Å². The first-order valence-corrected chi connectivity index (χ1v) is 6.36. The van der Waals surface area contributed by atoms with E-state index in [2.05, 4.69) is 5.32 Å². The van der Waals surface area contributed by atoms with Crippen LogP contribution in [0.1, 0.15) is 12.0 Å². The van der Waals surface area contributed by atoms with Crippen molar-refractivity contribution in [1.82, 2.24) is 10.2 Å². The van der Waals surface area contributed by atoms with E-state index in [1.807, 2.05) is 6.07 Å². The van der Waals surface area contributed by atoms with Gasteiger partial charge in [0.05, 0.1) is 18.2 Å². The van der Waals surface area contributed by atoms with Crippen LogP contribution >= 0.6 is 0 Å². The highest BCUT2D eigenvalue weighted by molar-refractivity contribution is 5.85. The Kier molecular flexibility index (Phi) is 4.56. The standard InChI is InChI=1S/C14H15N3O3/c15-8-11-2-4-12(5-3-11)20-10-14(19)17-7-1-6-16-13(18)9-17/h2-5H,1,6-7,9-10H2,(H,16,18). The van der Waals surface area contributed by atoms with E-state index in [4.69, 9.17) is 10.00 Å². The maximum atomic E-state index is 12.0. The zero-order valence-corrected chi connectivity index (χ0v) is 11.0. The Labute approximate surface area is 116 Å². The number of hydrogen-bond donors (Lipinski definition) is 1. The summed E-state index contributed by atoms with van der Waals surface area (Å²) in [6.07, 6.45) is 0.744. The molecule has 6 nitrogen and oxygen atoms in total. The average Bonchev–Trinajstić information content (AvgIpc) is 2.70. The zero-order chi connectivity index (χ0) is 14.4. The molecule has 1 aliphatic heterocycles. The number of nitriles is 1. The molecule has 0 unspecified atom stereocenters. The largest absolute Gasteiger partial charge is 0.484 e. The summed E-state index contributed by atoms with van der Waals surface area (Å²) in [7, 11) is 0. The molecule has 0 spiro atoms. The molecule has 1 aromatic rings. The van der Waals surface area contributed by atoms with Gasteiger partial charge < -0.3 is 15.0 Å². The Morgan fingerprint density at radius 1 is 1.40 bits per heavy atom. The molecule has 1 fully saturated rings. The minimum Gasteiger partial charge on any atom is -0.484 e. The lowest BCUT2D eigenvalue weighted by Crippen LogP contribution is -2.39. The zero-order valence-electron chi connectivity index (χ0n) is 11.0. The molecule has 0 saturated carbocycles. The molecule has 104 valence electrons. The Morgan fingerprint density at radius 2 is 2.15 bits per heavy atom. The second-order valence-electron chi connectivity index (χ2n) is 4.44. The van der Waals surface area contributed by atoms with Gasteiger partial charge in [0.25, 0.3) is 5.91 Å². The third-order valence-corrected chi connectivity index (χ3v) is 2.96. The lowest BCUT2D eigenvalue weighted by Gasteiger charge is -2.19. The number of nitrogens with zero attached hydrogens (tertiary/aromatic N) is 2. The van der Waals surface area contributed by atoms with E-state index >= 15 is 0 Å². The summed E-state index contributed by atoms with van der Waals surface area (Å²) in [4.78, 5) is 24.8. The molecule has 0 atom stereocenters. The summed E-state index contributed by atoms with van der Waals surface area (Å²) in [5.41, 5.74) is 0.535. The van der Waals surface area contributed by atoms with Crippen LogP contribution in [0.5, 0.6) is 5.75 Å². The molecule has 0 aliphatic carbocycles. The molecule has 1 N–H and O–H groups in total. The van der Waals surface area contributed by atoms with Gasteiger partial charge in [-0.25, -0.2) is 0 Å². The van der Waals surface area contributed by atoms with Crippen molar-refractivity contribution in [1.29, 1.82) is 5.26 Å². The number of hydrogen-bond acceptors (Lipinski definition) is 4. The van der Waals surface area contributed by atoms with E-state index in [1.54, 1.807) is 24.3 Å². The van der Waals surface area contributed by atoms with Crippen molar-refractivity contribution < 1.29 is 14.3 Å². The van der Waals surface area contributed by atoms with Crippen LogP contribution in [0.3, 0.4) is 0 Å². The number of benzene rings is 1. The molecule has 1 aliphatic rings. The van der Waals surface area contributed by atoms with Crippen molar-refractivity contribution in [2.45, 2.75) is 6.42 Å². The molecule has 2 amide bonds. The molecule has 0 aromatic heterocycles. The van der Waals surface area contributed by atoms with Crippen LogP contribution < -0.4 is 10.1 Å². The van der Waals surface area contributed by atoms with Crippen LogP contribution in [0.4, 0.5) is 0 Å². The highest BCUT2D eigenvalue weighted by Gasteiger charge is 2.19. The van der Waals surface area contributed by atoms with Crippen molar-refractivity contribution in [2.75, 3.05) is 26.2 Å². The van der Waals surface area contributed by atoms with Crippen LogP contribution in [0.25, 0.3) is 0 Å². The predicted octanol–water partition coefficient (Wildman–Crippen LogP) is 0.286. The van der Waals surface area contributed by atoms with Crippen molar-refractivity contribution in [3.8, 4) is 11.8 Å². The fourth-order valence-corrected chi connectivity index (χ4v) is 1.88. The summed E-state index contributed by atoms with van der Waals surface area (Å²) >= 11 is 0. The van der Waals surface area contributed by atoms with Gasteiger partial charge >= 0.3 is 0 Å². The van der Waals surface area contributed by atoms with Crippen molar-refractivity contribution in [2.24, 2.45) is 0 Å². The fraction of sp³-hybridized carbons (Fsp3) is 0.357. The molecule has 0 bridgehead atoms. The van der Waals surface area contributed by atoms with Crippen LogP contribution in [-0.2, 0) is 9.59 Å². The fourth-order valence-electron chi connectivity index (χ4n) is 1.88. The van der Waals surface area contributed by atoms with Gasteiger partial charge in [0, 0.05) is 13.1 Å². The number of ether oxygens (including phenoxy) is 1. The summed E-state index contributed by atoms with van der Waals surface area (Å²) < 4.78 is 5.36. The first kappa shape index (κ1) is 13.9. The molecule has 6 heteroatoms. The third kappa shape index (κ3) is 3.72. The van der Waals surface area contributed by atoms with Crippen LogP contribution in [0.15, 0.2) is 24.3 Å². The Morgan fingerprint density at radius 3 is 2.85 bits per heavy atom. The van der Waals surface area contributed by atoms with Gasteiger partial charge in [-0.1, -0.05) is 0 Å². The van der Waals surface area contributed by atoms with Gasteiger partial charge in [0.15, 0.2) is 6.61 Å². The predicted molar refractivity (Wildman–Crippen MR) is 70.9 cm³/mol. The summed E-state index contributed by atoms with van der Waals surface area (Å²) in [5.74, 6) is 0.164. The molecule has 2 rings (SSSR count). The molecular formula is C14H15N3O3. The minimum atomic E-state index is -0.216. The number of carbonyl (C=O) groups is 2. The van der Waals surface area contributed by atoms with Gasteiger partial charge in [-0.15, -0.1) is 0 Å². The van der Waals surface area contributed by atoms with Crippen molar-refractivity contribution >= 4 is 11.8 Å². The maximum Gasteiger partial charge on any atom is 0.260 e. The molecule has 20 heavy (non-hydrogen) atoms. The number of amides is 2. The Bertz CT molecular complexity index is 534. The van der Waals surface area contributed by atoms with Gasteiger partial charge in [-0.05, 0) is 30.7 Å². The lowest BCUT2D eigenvalue weighted by atomic mass is 10.2. The maximum absolute atomic E-state index is 12.0. The quantitative estimate of drug-likeness (QED) is 0.858. The minimum absolute atomic E-state index is 0.0789. The molecule has 1 aromatic carbocycles. The van der Waals surface area contributed by atoms with Crippen LogP contribution in [-0.4, -0.2) is 43.0 Å². The van der Waals surface area contributed by atoms with E-state index in [0.29, 0.717) is 24.4 Å². The first-order valence-electron chi connectivity index (χ1n) is 6.36. The van der Waals surface area contributed by atoms with E-state index in [0.717, 1.165) is 6.42 Å². The molecule has 1 saturated heterocycles. The smallest absolute Gasteiger partial charge is 0.260 e. The summed E-state index contributed by atoms with van der Waals surface area (Å²) in [6.45, 7) is 1.11. The van der Waals surface area contributed by atoms with Crippen LogP contribution in [0, 0.1) is 11.3 Å². The SMILES string of the molecule is N#Cc1ccc(OCC(=O)N2CCCNC(=O)C2)cc1. The van der Waals surface area contributed by atoms with Crippen LogP contribution in [0.2, 0.25) is 0 Å². The number of carbonyl (C=O) groups excluding carboxylic acids is 2. The van der Waals surface area contributed by atoms with Crippen molar-refractivity contribution in [3.63, 3.8) is 0 Å². The van der Waals surface area contributed by atoms with Gasteiger partial charge in [0.2, 0.25) is 5.91 Å². The van der Waals surface area contributed by atoms with Gasteiger partial charge in [0.1, 0.15) is 5.75 Å². The topological polar surface area (TPSA) is 82.4 Å². The van der Waals surface area contributed by atoms with E-state index in [-0.39, 0.29) is 25.0 Å². The molecular weight excluding hydrogens is 258 g/mol. The molecule has 1 heterocycles. The van der Waals surface area contributed by atoms with E-state index in [1.165, 1.54) is 4.90 Å². The van der Waals surface area contributed by atoms with E-state index in [9.17, 15) is 9.59 Å². The summed E-state index contributed by atoms with van der Waals surface area (Å²) in [5, 5.41) is 11.4. The molecule has 0 radical (unpaired) electrons. The highest BCUT2D eigenvalue weighted by Crippen LogP contribution is 2.11. The highest BCUT2D eigenvalue weighted by atomic mass is 16.5.